The number of nitrogens with one attached hydrogen (secondary N) is 2. The molecular weight excluding hydrogens is 461 g/mol. The van der Waals surface area contributed by atoms with Crippen molar-refractivity contribution in [2.45, 2.75) is 32.2 Å². The van der Waals surface area contributed by atoms with Crippen molar-refractivity contribution in [2.75, 3.05) is 18.9 Å². The highest BCUT2D eigenvalue weighted by atomic mass is 19.4. The van der Waals surface area contributed by atoms with E-state index in [1.54, 1.807) is 24.3 Å². The molecule has 0 aliphatic carbocycles. The summed E-state index contributed by atoms with van der Waals surface area (Å²) >= 11 is 0. The van der Waals surface area contributed by atoms with Gasteiger partial charge in [0.05, 0.1) is 18.0 Å². The molecule has 0 unspecified atom stereocenters. The molecule has 1 aromatic heterocycles. The summed E-state index contributed by atoms with van der Waals surface area (Å²) in [6.07, 6.45) is -3.34. The van der Waals surface area contributed by atoms with Crippen LogP contribution in [0.2, 0.25) is 0 Å². The second-order valence-corrected chi connectivity index (χ2v) is 7.70. The fourth-order valence-corrected chi connectivity index (χ4v) is 3.28. The first kappa shape index (κ1) is 25.6. The van der Waals surface area contributed by atoms with Crippen LogP contribution in [0.15, 0.2) is 54.6 Å². The Labute approximate surface area is 200 Å². The van der Waals surface area contributed by atoms with Crippen LogP contribution < -0.4 is 16.4 Å². The Morgan fingerprint density at radius 2 is 1.77 bits per heavy atom. The number of para-hydroxylation sites is 1. The van der Waals surface area contributed by atoms with Crippen molar-refractivity contribution < 1.29 is 22.7 Å². The van der Waals surface area contributed by atoms with Gasteiger partial charge < -0.3 is 21.1 Å². The predicted molar refractivity (Wildman–Crippen MR) is 123 cm³/mol. The lowest BCUT2D eigenvalue weighted by molar-refractivity contribution is -0.176. The summed E-state index contributed by atoms with van der Waals surface area (Å²) in [4.78, 5) is 12.1. The van der Waals surface area contributed by atoms with Crippen LogP contribution in [0.5, 0.6) is 0 Å². The zero-order chi connectivity index (χ0) is 25.3. The molecule has 0 atom stereocenters. The third-order valence-electron chi connectivity index (χ3n) is 4.99. The van der Waals surface area contributed by atoms with Gasteiger partial charge in [0.25, 0.3) is 0 Å². The number of hydrogen-bond donors (Lipinski definition) is 3. The molecule has 11 heteroatoms. The summed E-state index contributed by atoms with van der Waals surface area (Å²) < 4.78 is 42.5. The average Bonchev–Trinajstić information content (AvgIpc) is 3.16. The number of carbonyl (C=O) groups is 1. The number of nitrogens with zero attached hydrogens (tertiary/aromatic N) is 3. The first-order valence-corrected chi connectivity index (χ1v) is 10.8. The van der Waals surface area contributed by atoms with Crippen molar-refractivity contribution in [3.05, 3.63) is 77.0 Å². The number of urea groups is 1. The molecule has 2 amide bonds. The number of nitrogen functional groups attached to an aromatic ring is 1. The summed E-state index contributed by atoms with van der Waals surface area (Å²) in [5, 5.41) is 19.4. The largest absolute Gasteiger partial charge is 0.411 e. The standard InChI is InChI=1S/C24H25F3N6O2/c25-24(26,27)16-35-15-18-10-8-17(9-11-18)14-31-23(34)30-12-4-7-21-20(13-28)22(29)33(32-21)19-5-2-1-3-6-19/h1-3,5-6,8-11H,4,7,12,14-16,29H2,(H2,30,31,34). The van der Waals surface area contributed by atoms with Crippen molar-refractivity contribution in [1.29, 1.82) is 5.26 Å². The smallest absolute Gasteiger partial charge is 0.382 e. The number of rotatable bonds is 10. The van der Waals surface area contributed by atoms with Crippen molar-refractivity contribution in [1.82, 2.24) is 20.4 Å². The van der Waals surface area contributed by atoms with Gasteiger partial charge in [-0.1, -0.05) is 42.5 Å². The monoisotopic (exact) mass is 486 g/mol. The minimum Gasteiger partial charge on any atom is -0.382 e. The van der Waals surface area contributed by atoms with E-state index in [9.17, 15) is 23.2 Å². The molecule has 3 rings (SSSR count). The Kier molecular flexibility index (Phi) is 8.69. The number of amides is 2. The van der Waals surface area contributed by atoms with Gasteiger partial charge in [0.15, 0.2) is 0 Å². The van der Waals surface area contributed by atoms with Gasteiger partial charge >= 0.3 is 12.2 Å². The summed E-state index contributed by atoms with van der Waals surface area (Å²) in [6, 6.07) is 17.7. The Morgan fingerprint density at radius 1 is 1.09 bits per heavy atom. The lowest BCUT2D eigenvalue weighted by Gasteiger charge is -2.09. The van der Waals surface area contributed by atoms with Gasteiger partial charge in [-0.05, 0) is 36.1 Å². The molecule has 4 N–H and O–H groups in total. The number of anilines is 1. The van der Waals surface area contributed by atoms with E-state index < -0.39 is 12.8 Å². The Morgan fingerprint density at radius 3 is 2.43 bits per heavy atom. The molecule has 0 fully saturated rings. The molecule has 0 aliphatic heterocycles. The van der Waals surface area contributed by atoms with E-state index in [2.05, 4.69) is 26.5 Å². The third-order valence-corrected chi connectivity index (χ3v) is 4.99. The van der Waals surface area contributed by atoms with Gasteiger partial charge in [0.1, 0.15) is 24.1 Å². The molecule has 0 aliphatic rings. The summed E-state index contributed by atoms with van der Waals surface area (Å²) in [7, 11) is 0. The molecule has 0 saturated carbocycles. The maximum Gasteiger partial charge on any atom is 0.411 e. The molecule has 3 aromatic rings. The lowest BCUT2D eigenvalue weighted by atomic mass is 10.1. The predicted octanol–water partition coefficient (Wildman–Crippen LogP) is 3.84. The Hall–Kier alpha value is -4.04. The van der Waals surface area contributed by atoms with Crippen LogP contribution in [0, 0.1) is 11.3 Å². The van der Waals surface area contributed by atoms with Gasteiger partial charge in [-0.3, -0.25) is 0 Å². The van der Waals surface area contributed by atoms with Crippen molar-refractivity contribution in [2.24, 2.45) is 0 Å². The van der Waals surface area contributed by atoms with E-state index in [1.165, 1.54) is 4.68 Å². The van der Waals surface area contributed by atoms with Crippen LogP contribution in [0.1, 0.15) is 28.8 Å². The fourth-order valence-electron chi connectivity index (χ4n) is 3.28. The molecule has 0 bridgehead atoms. The third kappa shape index (κ3) is 7.75. The van der Waals surface area contributed by atoms with Crippen LogP contribution in [0.4, 0.5) is 23.8 Å². The van der Waals surface area contributed by atoms with E-state index in [1.807, 2.05) is 30.3 Å². The number of ether oxygens (including phenoxy) is 1. The number of halogens is 3. The zero-order valence-corrected chi connectivity index (χ0v) is 18.8. The van der Waals surface area contributed by atoms with E-state index in [4.69, 9.17) is 5.73 Å². The van der Waals surface area contributed by atoms with E-state index in [0.29, 0.717) is 36.2 Å². The summed E-state index contributed by atoms with van der Waals surface area (Å²) in [5.41, 5.74) is 9.13. The van der Waals surface area contributed by atoms with Gasteiger partial charge in [0.2, 0.25) is 0 Å². The maximum absolute atomic E-state index is 12.1. The van der Waals surface area contributed by atoms with E-state index >= 15 is 0 Å². The molecule has 1 heterocycles. The summed E-state index contributed by atoms with van der Waals surface area (Å²) in [5.74, 6) is 0.275. The highest BCUT2D eigenvalue weighted by molar-refractivity contribution is 5.73. The number of benzene rings is 2. The summed E-state index contributed by atoms with van der Waals surface area (Å²) in [6.45, 7) is -0.816. The van der Waals surface area contributed by atoms with Crippen molar-refractivity contribution in [3.63, 3.8) is 0 Å². The van der Waals surface area contributed by atoms with Crippen LogP contribution in [-0.4, -0.2) is 35.1 Å². The van der Waals surface area contributed by atoms with Crippen LogP contribution >= 0.6 is 0 Å². The number of alkyl halides is 3. The maximum atomic E-state index is 12.1. The van der Waals surface area contributed by atoms with Crippen LogP contribution in [-0.2, 0) is 24.3 Å². The van der Waals surface area contributed by atoms with Crippen molar-refractivity contribution in [3.8, 4) is 11.8 Å². The lowest BCUT2D eigenvalue weighted by Crippen LogP contribution is -2.35. The second-order valence-electron chi connectivity index (χ2n) is 7.70. The van der Waals surface area contributed by atoms with E-state index in [-0.39, 0.29) is 25.0 Å². The highest BCUT2D eigenvalue weighted by Crippen LogP contribution is 2.21. The Bertz CT molecular complexity index is 1150. The van der Waals surface area contributed by atoms with Gasteiger partial charge in [0, 0.05) is 13.1 Å². The van der Waals surface area contributed by atoms with Gasteiger partial charge in [-0.2, -0.15) is 23.5 Å². The molecule has 0 radical (unpaired) electrons. The molecular formula is C24H25F3N6O2. The highest BCUT2D eigenvalue weighted by Gasteiger charge is 2.27. The molecule has 35 heavy (non-hydrogen) atoms. The minimum absolute atomic E-state index is 0.142. The number of aromatic nitrogens is 2. The first-order valence-electron chi connectivity index (χ1n) is 10.8. The molecule has 2 aromatic carbocycles. The van der Waals surface area contributed by atoms with Gasteiger partial charge in [-0.15, -0.1) is 0 Å². The van der Waals surface area contributed by atoms with E-state index in [0.717, 1.165) is 11.3 Å². The minimum atomic E-state index is -4.35. The number of carbonyl (C=O) groups excluding carboxylic acids is 1. The van der Waals surface area contributed by atoms with Crippen LogP contribution in [0.25, 0.3) is 5.69 Å². The quantitative estimate of drug-likeness (QED) is 0.377. The second kappa shape index (κ2) is 11.9. The van der Waals surface area contributed by atoms with Crippen molar-refractivity contribution >= 4 is 11.8 Å². The number of hydrogen-bond acceptors (Lipinski definition) is 5. The zero-order valence-electron chi connectivity index (χ0n) is 18.8. The topological polar surface area (TPSA) is 118 Å². The SMILES string of the molecule is N#Cc1c(CCCNC(=O)NCc2ccc(COCC(F)(F)F)cc2)nn(-c2ccccc2)c1N. The number of nitriles is 1. The first-order chi connectivity index (χ1) is 16.8. The normalized spacial score (nSPS) is 11.1. The molecule has 0 spiro atoms. The molecule has 0 saturated heterocycles. The van der Waals surface area contributed by atoms with Gasteiger partial charge in [-0.25, -0.2) is 9.48 Å². The fraction of sp³-hybridized carbons (Fsp3) is 0.292. The Balaban J connectivity index is 1.40. The number of nitrogens with two attached hydrogens (primary N) is 1. The molecule has 8 nitrogen and oxygen atoms in total. The average molecular weight is 486 g/mol. The van der Waals surface area contributed by atoms with Crippen LogP contribution in [0.3, 0.4) is 0 Å². The number of aryl methyl sites for hydroxylation is 1. The molecule has 184 valence electrons.